The fraction of sp³-hybridized carbons (Fsp3) is 0.214. The van der Waals surface area contributed by atoms with Gasteiger partial charge < -0.3 is 10.1 Å². The molecule has 1 heterocycles. The predicted octanol–water partition coefficient (Wildman–Crippen LogP) is 3.38. The molecule has 0 spiro atoms. The van der Waals surface area contributed by atoms with Crippen LogP contribution in [0, 0.1) is 17.6 Å². The maximum Gasteiger partial charge on any atom is 0.251 e. The highest BCUT2D eigenvalue weighted by atomic mass is 19.2. The molecule has 106 valence electrons. The van der Waals surface area contributed by atoms with Crippen LogP contribution in [0.5, 0.6) is 5.75 Å². The lowest BCUT2D eigenvalue weighted by atomic mass is 10.3. The molecule has 0 fully saturated rings. The van der Waals surface area contributed by atoms with E-state index in [2.05, 4.69) is 10.3 Å². The first-order valence-corrected chi connectivity index (χ1v) is 6.10. The zero-order valence-corrected chi connectivity index (χ0v) is 10.6. The van der Waals surface area contributed by atoms with Gasteiger partial charge in [-0.25, -0.2) is 8.78 Å². The normalized spacial score (nSPS) is 10.3. The molecule has 2 aromatic rings. The first kappa shape index (κ1) is 14.2. The molecular weight excluding hydrogens is 269 g/mol. The number of para-hydroxylation sites is 1. The minimum atomic E-state index is -1.32. The Bertz CT molecular complexity index is 564. The molecule has 0 saturated carbocycles. The fourth-order valence-corrected chi connectivity index (χ4v) is 1.55. The standard InChI is InChI=1S/C14H13F3N2O/c15-11-9-12(16)14(19-13(11)17)18-7-4-8-20-10-5-2-1-3-6-10/h1-3,5-6,9H,4,7-8H2,(H,18,19). The Balaban J connectivity index is 1.75. The number of rotatable bonds is 6. The van der Waals surface area contributed by atoms with Crippen molar-refractivity contribution in [1.82, 2.24) is 4.98 Å². The molecule has 2 rings (SSSR count). The summed E-state index contributed by atoms with van der Waals surface area (Å²) in [5, 5.41) is 2.59. The van der Waals surface area contributed by atoms with Crippen LogP contribution in [0.2, 0.25) is 0 Å². The van der Waals surface area contributed by atoms with Crippen LogP contribution in [0.15, 0.2) is 36.4 Å². The van der Waals surface area contributed by atoms with Crippen molar-refractivity contribution < 1.29 is 17.9 Å². The van der Waals surface area contributed by atoms with Gasteiger partial charge in [0.1, 0.15) is 5.75 Å². The van der Waals surface area contributed by atoms with Crippen LogP contribution in [0.1, 0.15) is 6.42 Å². The molecular formula is C14H13F3N2O. The number of aromatic nitrogens is 1. The number of pyridine rings is 1. The summed E-state index contributed by atoms with van der Waals surface area (Å²) in [6.45, 7) is 0.754. The van der Waals surface area contributed by atoms with E-state index in [0.717, 1.165) is 5.75 Å². The summed E-state index contributed by atoms with van der Waals surface area (Å²) in [4.78, 5) is 3.16. The summed E-state index contributed by atoms with van der Waals surface area (Å²) >= 11 is 0. The molecule has 1 aromatic heterocycles. The van der Waals surface area contributed by atoms with E-state index >= 15 is 0 Å². The minimum Gasteiger partial charge on any atom is -0.494 e. The zero-order valence-electron chi connectivity index (χ0n) is 10.6. The zero-order chi connectivity index (χ0) is 14.4. The smallest absolute Gasteiger partial charge is 0.251 e. The summed E-state index contributed by atoms with van der Waals surface area (Å²) in [7, 11) is 0. The van der Waals surface area contributed by atoms with Crippen molar-refractivity contribution in [2.45, 2.75) is 6.42 Å². The third kappa shape index (κ3) is 3.88. The maximum absolute atomic E-state index is 13.2. The van der Waals surface area contributed by atoms with Gasteiger partial charge in [0.2, 0.25) is 0 Å². The van der Waals surface area contributed by atoms with E-state index < -0.39 is 17.6 Å². The van der Waals surface area contributed by atoms with Crippen LogP contribution in [-0.2, 0) is 0 Å². The second-order valence-corrected chi connectivity index (χ2v) is 4.03. The van der Waals surface area contributed by atoms with Crippen molar-refractivity contribution in [1.29, 1.82) is 0 Å². The second kappa shape index (κ2) is 6.79. The fourth-order valence-electron chi connectivity index (χ4n) is 1.55. The molecule has 0 aliphatic carbocycles. The lowest BCUT2D eigenvalue weighted by Gasteiger charge is -2.08. The Morgan fingerprint density at radius 2 is 1.80 bits per heavy atom. The number of benzene rings is 1. The van der Waals surface area contributed by atoms with Gasteiger partial charge in [-0.3, -0.25) is 0 Å². The topological polar surface area (TPSA) is 34.1 Å². The average molecular weight is 282 g/mol. The van der Waals surface area contributed by atoms with Crippen LogP contribution in [0.25, 0.3) is 0 Å². The predicted molar refractivity (Wildman–Crippen MR) is 69.2 cm³/mol. The minimum absolute atomic E-state index is 0.302. The molecule has 0 atom stereocenters. The van der Waals surface area contributed by atoms with Crippen LogP contribution < -0.4 is 10.1 Å². The van der Waals surface area contributed by atoms with Gasteiger partial charge >= 0.3 is 0 Å². The molecule has 0 bridgehead atoms. The van der Waals surface area contributed by atoms with Crippen molar-refractivity contribution in [3.8, 4) is 5.75 Å². The van der Waals surface area contributed by atoms with Crippen LogP contribution in [-0.4, -0.2) is 18.1 Å². The van der Waals surface area contributed by atoms with Gasteiger partial charge in [-0.15, -0.1) is 0 Å². The Labute approximate surface area is 114 Å². The number of anilines is 1. The number of nitrogens with one attached hydrogen (secondary N) is 1. The van der Waals surface area contributed by atoms with Gasteiger partial charge in [0.15, 0.2) is 17.5 Å². The van der Waals surface area contributed by atoms with E-state index in [0.29, 0.717) is 25.6 Å². The van der Waals surface area contributed by atoms with E-state index in [-0.39, 0.29) is 5.82 Å². The van der Waals surface area contributed by atoms with Crippen molar-refractivity contribution in [2.24, 2.45) is 0 Å². The van der Waals surface area contributed by atoms with Crippen LogP contribution in [0.4, 0.5) is 19.0 Å². The molecule has 0 unspecified atom stereocenters. The van der Waals surface area contributed by atoms with E-state index in [1.165, 1.54) is 0 Å². The third-order valence-corrected chi connectivity index (χ3v) is 2.51. The van der Waals surface area contributed by atoms with Gasteiger partial charge in [-0.1, -0.05) is 18.2 Å². The van der Waals surface area contributed by atoms with Crippen molar-refractivity contribution >= 4 is 5.82 Å². The van der Waals surface area contributed by atoms with Crippen molar-refractivity contribution in [2.75, 3.05) is 18.5 Å². The molecule has 0 amide bonds. The highest BCUT2D eigenvalue weighted by Gasteiger charge is 2.10. The molecule has 0 saturated heterocycles. The monoisotopic (exact) mass is 282 g/mol. The van der Waals surface area contributed by atoms with Crippen molar-refractivity contribution in [3.63, 3.8) is 0 Å². The highest BCUT2D eigenvalue weighted by molar-refractivity contribution is 5.35. The van der Waals surface area contributed by atoms with Gasteiger partial charge in [0.05, 0.1) is 6.61 Å². The quantitative estimate of drug-likeness (QED) is 0.651. The first-order chi connectivity index (χ1) is 9.66. The van der Waals surface area contributed by atoms with E-state index in [1.807, 2.05) is 30.3 Å². The van der Waals surface area contributed by atoms with Gasteiger partial charge in [-0.2, -0.15) is 9.37 Å². The molecule has 1 N–H and O–H groups in total. The number of ether oxygens (including phenoxy) is 1. The number of hydrogen-bond donors (Lipinski definition) is 1. The molecule has 1 aromatic carbocycles. The first-order valence-electron chi connectivity index (χ1n) is 6.10. The number of nitrogens with zero attached hydrogens (tertiary/aromatic N) is 1. The van der Waals surface area contributed by atoms with Crippen molar-refractivity contribution in [3.05, 3.63) is 54.0 Å². The summed E-state index contributed by atoms with van der Waals surface area (Å²) in [5.41, 5.74) is 0. The number of hydrogen-bond acceptors (Lipinski definition) is 3. The number of halogens is 3. The largest absolute Gasteiger partial charge is 0.494 e. The van der Waals surface area contributed by atoms with Crippen LogP contribution in [0.3, 0.4) is 0 Å². The van der Waals surface area contributed by atoms with E-state index in [1.54, 1.807) is 0 Å². The molecule has 0 radical (unpaired) electrons. The Hall–Kier alpha value is -2.24. The van der Waals surface area contributed by atoms with E-state index in [4.69, 9.17) is 4.74 Å². The molecule has 0 aliphatic heterocycles. The SMILES string of the molecule is Fc1cc(F)c(NCCCOc2ccccc2)nc1F. The van der Waals surface area contributed by atoms with Gasteiger partial charge in [-0.05, 0) is 18.6 Å². The summed E-state index contributed by atoms with van der Waals surface area (Å²) in [6.07, 6.45) is 0.564. The third-order valence-electron chi connectivity index (χ3n) is 2.51. The lowest BCUT2D eigenvalue weighted by molar-refractivity contribution is 0.315. The van der Waals surface area contributed by atoms with Gasteiger partial charge in [0, 0.05) is 12.6 Å². The van der Waals surface area contributed by atoms with Crippen LogP contribution >= 0.6 is 0 Å². The summed E-state index contributed by atoms with van der Waals surface area (Å²) in [5.74, 6) is -3.11. The molecule has 20 heavy (non-hydrogen) atoms. The van der Waals surface area contributed by atoms with E-state index in [9.17, 15) is 13.2 Å². The Morgan fingerprint density at radius 3 is 2.55 bits per heavy atom. The second-order valence-electron chi connectivity index (χ2n) is 4.03. The molecule has 6 heteroatoms. The summed E-state index contributed by atoms with van der Waals surface area (Å²) in [6, 6.07) is 9.70. The molecule has 0 aliphatic rings. The Kier molecular flexibility index (Phi) is 4.81. The summed E-state index contributed by atoms with van der Waals surface area (Å²) < 4.78 is 44.2. The molecule has 3 nitrogen and oxygen atoms in total. The average Bonchev–Trinajstić information content (AvgIpc) is 2.45. The Morgan fingerprint density at radius 1 is 1.05 bits per heavy atom. The highest BCUT2D eigenvalue weighted by Crippen LogP contribution is 2.14. The lowest BCUT2D eigenvalue weighted by Crippen LogP contribution is -2.10. The maximum atomic E-state index is 13.2. The van der Waals surface area contributed by atoms with Gasteiger partial charge in [0.25, 0.3) is 5.95 Å².